The van der Waals surface area contributed by atoms with E-state index in [0.717, 1.165) is 6.21 Å². The highest BCUT2D eigenvalue weighted by atomic mass is 32.1. The number of para-hydroxylation sites is 2. The molecule has 4 aromatic rings. The molecule has 0 aliphatic carbocycles. The van der Waals surface area contributed by atoms with E-state index in [9.17, 15) is 14.7 Å². The number of nitrogens with zero attached hydrogens (tertiary/aromatic N) is 4. The molecule has 0 aliphatic rings. The summed E-state index contributed by atoms with van der Waals surface area (Å²) in [5.74, 6) is -0.873. The Morgan fingerprint density at radius 1 is 0.938 bits per heavy atom. The highest BCUT2D eigenvalue weighted by molar-refractivity contribution is 7.71. The molecule has 0 radical (unpaired) electrons. The lowest BCUT2D eigenvalue weighted by atomic mass is 10.2. The summed E-state index contributed by atoms with van der Waals surface area (Å²) in [6.07, 6.45) is 4.06. The Bertz CT molecular complexity index is 1400. The molecule has 158 valence electrons. The summed E-state index contributed by atoms with van der Waals surface area (Å²) < 4.78 is 2.76. The van der Waals surface area contributed by atoms with E-state index in [4.69, 9.17) is 12.2 Å². The Balaban J connectivity index is 1.84. The minimum atomic E-state index is -0.576. The Hall–Kier alpha value is -4.37. The van der Waals surface area contributed by atoms with Crippen LogP contribution in [0.15, 0.2) is 95.1 Å². The van der Waals surface area contributed by atoms with Crippen molar-refractivity contribution < 1.29 is 9.90 Å². The second-order valence-corrected chi connectivity index (χ2v) is 6.97. The molecule has 0 saturated carbocycles. The molecular formula is C23H17N5O3S. The third-order valence-corrected chi connectivity index (χ3v) is 4.96. The highest BCUT2D eigenvalue weighted by Gasteiger charge is 2.18. The zero-order chi connectivity index (χ0) is 22.5. The standard InChI is InChI=1S/C23H17N5O3S/c29-20(16-11-13-24-14-12-16)26-25-15-19-21(30)27(17-7-3-1-4-8-17)23(32)28(22(19)31)18-9-5-2-6-10-18/h1-15,30H,(H,26,29). The Morgan fingerprint density at radius 2 is 1.50 bits per heavy atom. The Kier molecular flexibility index (Phi) is 6.00. The predicted octanol–water partition coefficient (Wildman–Crippen LogP) is 3.22. The van der Waals surface area contributed by atoms with E-state index in [-0.39, 0.29) is 16.2 Å². The van der Waals surface area contributed by atoms with Crippen molar-refractivity contribution in [2.45, 2.75) is 0 Å². The van der Waals surface area contributed by atoms with Crippen LogP contribution in [0.5, 0.6) is 5.88 Å². The van der Waals surface area contributed by atoms with Crippen molar-refractivity contribution in [3.63, 3.8) is 0 Å². The van der Waals surface area contributed by atoms with Gasteiger partial charge in [-0.3, -0.25) is 23.7 Å². The van der Waals surface area contributed by atoms with Crippen molar-refractivity contribution in [1.29, 1.82) is 0 Å². The van der Waals surface area contributed by atoms with Crippen molar-refractivity contribution in [2.24, 2.45) is 5.10 Å². The predicted molar refractivity (Wildman–Crippen MR) is 123 cm³/mol. The van der Waals surface area contributed by atoms with Crippen LogP contribution in [-0.2, 0) is 0 Å². The molecule has 4 rings (SSSR count). The van der Waals surface area contributed by atoms with Crippen LogP contribution in [0.25, 0.3) is 11.4 Å². The quantitative estimate of drug-likeness (QED) is 0.280. The molecule has 32 heavy (non-hydrogen) atoms. The number of hydrogen-bond donors (Lipinski definition) is 2. The van der Waals surface area contributed by atoms with E-state index >= 15 is 0 Å². The van der Waals surface area contributed by atoms with Crippen LogP contribution in [0.2, 0.25) is 0 Å². The lowest BCUT2D eigenvalue weighted by Gasteiger charge is -2.16. The number of aromatic hydroxyl groups is 1. The average Bonchev–Trinajstić information content (AvgIpc) is 2.83. The van der Waals surface area contributed by atoms with Crippen LogP contribution in [-0.4, -0.2) is 31.3 Å². The summed E-state index contributed by atoms with van der Waals surface area (Å²) in [6.45, 7) is 0. The SMILES string of the molecule is O=C(NN=Cc1c(O)n(-c2ccccc2)c(=S)n(-c2ccccc2)c1=O)c1ccncc1. The zero-order valence-corrected chi connectivity index (χ0v) is 17.4. The molecule has 1 amide bonds. The van der Waals surface area contributed by atoms with E-state index in [1.165, 1.54) is 33.7 Å². The van der Waals surface area contributed by atoms with Crippen LogP contribution in [0, 0.1) is 4.77 Å². The van der Waals surface area contributed by atoms with Gasteiger partial charge in [-0.2, -0.15) is 5.10 Å². The molecule has 2 N–H and O–H groups in total. The molecule has 9 heteroatoms. The highest BCUT2D eigenvalue weighted by Crippen LogP contribution is 2.21. The number of nitrogens with one attached hydrogen (secondary N) is 1. The number of rotatable bonds is 5. The Morgan fingerprint density at radius 3 is 2.09 bits per heavy atom. The first kappa shape index (κ1) is 20.9. The average molecular weight is 443 g/mol. The van der Waals surface area contributed by atoms with Gasteiger partial charge in [0.05, 0.1) is 17.6 Å². The smallest absolute Gasteiger partial charge is 0.271 e. The van der Waals surface area contributed by atoms with Crippen LogP contribution in [0.3, 0.4) is 0 Å². The van der Waals surface area contributed by atoms with Gasteiger partial charge >= 0.3 is 0 Å². The first-order valence-corrected chi connectivity index (χ1v) is 9.94. The van der Waals surface area contributed by atoms with E-state index in [2.05, 4.69) is 15.5 Å². The second-order valence-electron chi connectivity index (χ2n) is 6.60. The monoisotopic (exact) mass is 443 g/mol. The van der Waals surface area contributed by atoms with Crippen LogP contribution >= 0.6 is 12.2 Å². The van der Waals surface area contributed by atoms with Crippen molar-refractivity contribution >= 4 is 24.3 Å². The van der Waals surface area contributed by atoms with Gasteiger partial charge in [-0.1, -0.05) is 36.4 Å². The maximum absolute atomic E-state index is 13.3. The molecule has 0 bridgehead atoms. The summed E-state index contributed by atoms with van der Waals surface area (Å²) in [7, 11) is 0. The normalized spacial score (nSPS) is 10.9. The molecule has 0 spiro atoms. The topological polar surface area (TPSA) is 102 Å². The lowest BCUT2D eigenvalue weighted by Crippen LogP contribution is -2.27. The van der Waals surface area contributed by atoms with Gasteiger partial charge in [0.15, 0.2) is 4.77 Å². The third-order valence-electron chi connectivity index (χ3n) is 4.60. The van der Waals surface area contributed by atoms with Gasteiger partial charge in [-0.25, -0.2) is 5.43 Å². The summed E-state index contributed by atoms with van der Waals surface area (Å²) in [4.78, 5) is 29.3. The van der Waals surface area contributed by atoms with Gasteiger partial charge in [0, 0.05) is 18.0 Å². The molecule has 0 fully saturated rings. The van der Waals surface area contributed by atoms with E-state index in [0.29, 0.717) is 16.9 Å². The number of hydrazone groups is 1. The summed E-state index contributed by atoms with van der Waals surface area (Å²) in [5.41, 5.74) is 3.07. The van der Waals surface area contributed by atoms with E-state index < -0.39 is 11.5 Å². The molecule has 0 saturated heterocycles. The van der Waals surface area contributed by atoms with Gasteiger partial charge in [-0.05, 0) is 48.6 Å². The van der Waals surface area contributed by atoms with Crippen molar-refractivity contribution in [3.8, 4) is 17.3 Å². The minimum absolute atomic E-state index is 0.0860. The van der Waals surface area contributed by atoms with Crippen molar-refractivity contribution in [1.82, 2.24) is 19.5 Å². The van der Waals surface area contributed by atoms with Gasteiger partial charge < -0.3 is 5.11 Å². The lowest BCUT2D eigenvalue weighted by molar-refractivity contribution is 0.0955. The number of carbonyl (C=O) groups is 1. The van der Waals surface area contributed by atoms with Gasteiger partial charge in [0.2, 0.25) is 5.88 Å². The van der Waals surface area contributed by atoms with Crippen LogP contribution in [0.4, 0.5) is 0 Å². The fourth-order valence-electron chi connectivity index (χ4n) is 3.06. The van der Waals surface area contributed by atoms with Gasteiger partial charge in [0.1, 0.15) is 5.56 Å². The fourth-order valence-corrected chi connectivity index (χ4v) is 3.45. The van der Waals surface area contributed by atoms with E-state index in [1.807, 2.05) is 12.1 Å². The van der Waals surface area contributed by atoms with E-state index in [1.54, 1.807) is 48.5 Å². The molecule has 2 heterocycles. The second kappa shape index (κ2) is 9.19. The maximum atomic E-state index is 13.3. The van der Waals surface area contributed by atoms with Crippen molar-refractivity contribution in [3.05, 3.63) is 111 Å². The minimum Gasteiger partial charge on any atom is -0.494 e. The summed E-state index contributed by atoms with van der Waals surface area (Å²) >= 11 is 5.55. The summed E-state index contributed by atoms with van der Waals surface area (Å²) in [6, 6.07) is 20.8. The number of carbonyl (C=O) groups excluding carboxylic acids is 1. The summed E-state index contributed by atoms with van der Waals surface area (Å²) in [5, 5.41) is 14.8. The maximum Gasteiger partial charge on any atom is 0.271 e. The molecule has 0 aliphatic heterocycles. The van der Waals surface area contributed by atoms with Gasteiger partial charge in [0.25, 0.3) is 11.5 Å². The zero-order valence-electron chi connectivity index (χ0n) is 16.6. The number of pyridine rings is 1. The number of benzene rings is 2. The first-order valence-electron chi connectivity index (χ1n) is 9.53. The third kappa shape index (κ3) is 4.09. The van der Waals surface area contributed by atoms with Crippen molar-refractivity contribution in [2.75, 3.05) is 0 Å². The molecule has 2 aromatic carbocycles. The Labute approximate surface area is 187 Å². The molecular weight excluding hydrogens is 426 g/mol. The largest absolute Gasteiger partial charge is 0.494 e. The molecule has 8 nitrogen and oxygen atoms in total. The number of amides is 1. The fraction of sp³-hybridized carbons (Fsp3) is 0. The van der Waals surface area contributed by atoms with Crippen LogP contribution < -0.4 is 11.0 Å². The molecule has 2 aromatic heterocycles. The molecule has 0 atom stereocenters. The van der Waals surface area contributed by atoms with Crippen LogP contribution in [0.1, 0.15) is 15.9 Å². The number of hydrogen-bond acceptors (Lipinski definition) is 6. The first-order chi connectivity index (χ1) is 15.6. The molecule has 0 unspecified atom stereocenters. The number of aromatic nitrogens is 3. The van der Waals surface area contributed by atoms with Gasteiger partial charge in [-0.15, -0.1) is 0 Å².